The third kappa shape index (κ3) is 6.52. The summed E-state index contributed by atoms with van der Waals surface area (Å²) in [4.78, 5) is 8.47. The normalized spacial score (nSPS) is 10.8. The zero-order valence-corrected chi connectivity index (χ0v) is 17.1. The molecule has 0 saturated carbocycles. The number of nitrogens with two attached hydrogens (primary N) is 1. The third-order valence-corrected chi connectivity index (χ3v) is 3.59. The number of aryl methyl sites for hydroxylation is 1. The van der Waals surface area contributed by atoms with Gasteiger partial charge in [0.25, 0.3) is 0 Å². The van der Waals surface area contributed by atoms with Crippen molar-refractivity contribution in [3.05, 3.63) is 83.8 Å². The van der Waals surface area contributed by atoms with Crippen molar-refractivity contribution in [3.63, 3.8) is 0 Å². The molecule has 0 atom stereocenters. The molecule has 0 saturated heterocycles. The minimum atomic E-state index is -0.315. The van der Waals surface area contributed by atoms with Crippen LogP contribution < -0.4 is 15.8 Å². The van der Waals surface area contributed by atoms with Crippen LogP contribution in [-0.2, 0) is 6.54 Å². The summed E-state index contributed by atoms with van der Waals surface area (Å²) in [5.41, 5.74) is 8.88. The highest BCUT2D eigenvalue weighted by molar-refractivity contribution is 14.0. The van der Waals surface area contributed by atoms with E-state index < -0.39 is 0 Å². The summed E-state index contributed by atoms with van der Waals surface area (Å²) in [7, 11) is 0. The van der Waals surface area contributed by atoms with Gasteiger partial charge in [0, 0.05) is 18.0 Å². The monoisotopic (exact) mass is 478 g/mol. The second-order valence-electron chi connectivity index (χ2n) is 5.75. The highest BCUT2D eigenvalue weighted by Gasteiger charge is 2.02. The number of benzene rings is 2. The van der Waals surface area contributed by atoms with Crippen molar-refractivity contribution in [2.45, 2.75) is 13.5 Å². The quantitative estimate of drug-likeness (QED) is 0.312. The highest BCUT2D eigenvalue weighted by atomic mass is 127. The Morgan fingerprint density at radius 2 is 1.81 bits per heavy atom. The van der Waals surface area contributed by atoms with Crippen molar-refractivity contribution in [1.82, 2.24) is 4.98 Å². The van der Waals surface area contributed by atoms with Gasteiger partial charge in [-0.2, -0.15) is 0 Å². The molecule has 3 rings (SSSR count). The van der Waals surface area contributed by atoms with Gasteiger partial charge >= 0.3 is 0 Å². The number of ether oxygens (including phenoxy) is 1. The number of halogens is 2. The molecule has 7 heteroatoms. The molecule has 0 radical (unpaired) electrons. The van der Waals surface area contributed by atoms with Gasteiger partial charge in [-0.05, 0) is 55.0 Å². The Kier molecular flexibility index (Phi) is 7.54. The summed E-state index contributed by atoms with van der Waals surface area (Å²) in [5, 5.41) is 3.04. The standard InChI is InChI=1S/C20H19FN4O.HI/c1-14-2-6-17(7-3-14)25-20(22)24-13-15-10-11-23-19(12-15)26-18-8-4-16(21)5-9-18;/h2-12H,13H2,1H3,(H3,22,24,25);1H. The minimum Gasteiger partial charge on any atom is -0.439 e. The minimum absolute atomic E-state index is 0. The molecule has 3 aromatic rings. The summed E-state index contributed by atoms with van der Waals surface area (Å²) in [6, 6.07) is 17.2. The summed E-state index contributed by atoms with van der Waals surface area (Å²) in [5.74, 6) is 0.936. The van der Waals surface area contributed by atoms with E-state index in [-0.39, 0.29) is 29.8 Å². The van der Waals surface area contributed by atoms with Gasteiger partial charge in [-0.3, -0.25) is 0 Å². The number of hydrogen-bond acceptors (Lipinski definition) is 3. The highest BCUT2D eigenvalue weighted by Crippen LogP contribution is 2.20. The topological polar surface area (TPSA) is 72.5 Å². The fourth-order valence-corrected chi connectivity index (χ4v) is 2.23. The number of rotatable bonds is 5. The first-order valence-corrected chi connectivity index (χ1v) is 8.10. The van der Waals surface area contributed by atoms with Crippen molar-refractivity contribution in [3.8, 4) is 11.6 Å². The van der Waals surface area contributed by atoms with Gasteiger partial charge in [-0.25, -0.2) is 14.4 Å². The molecule has 2 aromatic carbocycles. The Hall–Kier alpha value is -2.68. The van der Waals surface area contributed by atoms with Crippen LogP contribution >= 0.6 is 24.0 Å². The first-order valence-electron chi connectivity index (χ1n) is 8.10. The van der Waals surface area contributed by atoms with E-state index >= 15 is 0 Å². The summed E-state index contributed by atoms with van der Waals surface area (Å²) < 4.78 is 18.6. The summed E-state index contributed by atoms with van der Waals surface area (Å²) in [6.45, 7) is 2.41. The van der Waals surface area contributed by atoms with Crippen molar-refractivity contribution >= 4 is 35.6 Å². The van der Waals surface area contributed by atoms with Gasteiger partial charge in [0.1, 0.15) is 11.6 Å². The zero-order chi connectivity index (χ0) is 18.4. The third-order valence-electron chi connectivity index (χ3n) is 3.59. The first-order chi connectivity index (χ1) is 12.6. The van der Waals surface area contributed by atoms with Crippen LogP contribution in [0.2, 0.25) is 0 Å². The van der Waals surface area contributed by atoms with E-state index in [0.717, 1.165) is 11.3 Å². The van der Waals surface area contributed by atoms with Crippen LogP contribution in [0.5, 0.6) is 11.6 Å². The average Bonchev–Trinajstić information content (AvgIpc) is 2.64. The van der Waals surface area contributed by atoms with E-state index in [1.54, 1.807) is 24.4 Å². The Balaban J connectivity index is 0.00000261. The molecule has 0 aliphatic carbocycles. The molecule has 0 bridgehead atoms. The second-order valence-corrected chi connectivity index (χ2v) is 5.75. The molecule has 0 amide bonds. The molecule has 27 heavy (non-hydrogen) atoms. The largest absolute Gasteiger partial charge is 0.439 e. The van der Waals surface area contributed by atoms with Crippen LogP contribution in [0, 0.1) is 12.7 Å². The lowest BCUT2D eigenvalue weighted by atomic mass is 10.2. The van der Waals surface area contributed by atoms with E-state index in [1.165, 1.54) is 17.7 Å². The van der Waals surface area contributed by atoms with Crippen LogP contribution in [0.4, 0.5) is 10.1 Å². The van der Waals surface area contributed by atoms with Gasteiger partial charge in [0.2, 0.25) is 5.88 Å². The Labute approximate surface area is 174 Å². The van der Waals surface area contributed by atoms with Crippen molar-refractivity contribution in [2.75, 3.05) is 5.32 Å². The fraction of sp³-hybridized carbons (Fsp3) is 0.100. The molecule has 0 fully saturated rings. The summed E-state index contributed by atoms with van der Waals surface area (Å²) >= 11 is 0. The van der Waals surface area contributed by atoms with Crippen LogP contribution in [0.3, 0.4) is 0 Å². The molecular weight excluding hydrogens is 458 g/mol. The number of nitrogens with one attached hydrogen (secondary N) is 1. The predicted octanol–water partition coefficient (Wildman–Crippen LogP) is 4.87. The lowest BCUT2D eigenvalue weighted by Gasteiger charge is -2.07. The molecule has 5 nitrogen and oxygen atoms in total. The molecule has 3 N–H and O–H groups in total. The lowest BCUT2D eigenvalue weighted by molar-refractivity contribution is 0.460. The smallest absolute Gasteiger partial charge is 0.219 e. The molecule has 140 valence electrons. The van der Waals surface area contributed by atoms with Crippen molar-refractivity contribution < 1.29 is 9.13 Å². The number of aromatic nitrogens is 1. The van der Waals surface area contributed by atoms with Gasteiger partial charge in [-0.1, -0.05) is 17.7 Å². The van der Waals surface area contributed by atoms with E-state index in [0.29, 0.717) is 24.1 Å². The maximum absolute atomic E-state index is 12.9. The van der Waals surface area contributed by atoms with Gasteiger partial charge in [0.05, 0.1) is 6.54 Å². The molecule has 1 aromatic heterocycles. The van der Waals surface area contributed by atoms with Crippen LogP contribution in [0.1, 0.15) is 11.1 Å². The van der Waals surface area contributed by atoms with E-state index in [9.17, 15) is 4.39 Å². The number of nitrogens with zero attached hydrogens (tertiary/aromatic N) is 2. The Bertz CT molecular complexity index is 899. The molecule has 1 heterocycles. The number of hydrogen-bond donors (Lipinski definition) is 2. The lowest BCUT2D eigenvalue weighted by Crippen LogP contribution is -2.22. The average molecular weight is 478 g/mol. The van der Waals surface area contributed by atoms with Gasteiger partial charge < -0.3 is 15.8 Å². The Morgan fingerprint density at radius 3 is 2.52 bits per heavy atom. The van der Waals surface area contributed by atoms with Crippen molar-refractivity contribution in [1.29, 1.82) is 0 Å². The number of anilines is 1. The van der Waals surface area contributed by atoms with Crippen molar-refractivity contribution in [2.24, 2.45) is 10.7 Å². The van der Waals surface area contributed by atoms with Crippen LogP contribution in [0.25, 0.3) is 0 Å². The molecule has 0 aliphatic rings. The maximum atomic E-state index is 12.9. The number of pyridine rings is 1. The zero-order valence-electron chi connectivity index (χ0n) is 14.7. The first kappa shape index (κ1) is 20.6. The molecular formula is C20H20FIN4O. The van der Waals surface area contributed by atoms with Gasteiger partial charge in [0.15, 0.2) is 5.96 Å². The van der Waals surface area contributed by atoms with E-state index in [1.807, 2.05) is 37.3 Å². The van der Waals surface area contributed by atoms with E-state index in [4.69, 9.17) is 10.5 Å². The molecule has 0 unspecified atom stereocenters. The fourth-order valence-electron chi connectivity index (χ4n) is 2.23. The second kappa shape index (κ2) is 9.86. The molecule has 0 spiro atoms. The number of guanidine groups is 1. The Morgan fingerprint density at radius 1 is 1.11 bits per heavy atom. The molecule has 0 aliphatic heterocycles. The SMILES string of the molecule is Cc1ccc(NC(N)=NCc2ccnc(Oc3ccc(F)cc3)c2)cc1.I. The predicted molar refractivity (Wildman–Crippen MR) is 116 cm³/mol. The summed E-state index contributed by atoms with van der Waals surface area (Å²) in [6.07, 6.45) is 1.63. The van der Waals surface area contributed by atoms with E-state index in [2.05, 4.69) is 15.3 Å². The maximum Gasteiger partial charge on any atom is 0.219 e. The van der Waals surface area contributed by atoms with Gasteiger partial charge in [-0.15, -0.1) is 24.0 Å². The van der Waals surface area contributed by atoms with Crippen LogP contribution in [0.15, 0.2) is 71.9 Å². The van der Waals surface area contributed by atoms with Crippen LogP contribution in [-0.4, -0.2) is 10.9 Å². The number of aliphatic imine (C=N–C) groups is 1.